The molecular weight excluding hydrogens is 232 g/mol. The molecule has 0 atom stereocenters. The van der Waals surface area contributed by atoms with Gasteiger partial charge in [0.05, 0.1) is 19.6 Å². The van der Waals surface area contributed by atoms with Gasteiger partial charge in [-0.15, -0.1) is 50.5 Å². The number of hydrogen-bond acceptors (Lipinski definition) is 6. The Balaban J connectivity index is 3.32. The fourth-order valence-corrected chi connectivity index (χ4v) is 1.68. The number of carbonyl (C=O) groups is 2. The zero-order valence-electron chi connectivity index (χ0n) is 5.61. The highest BCUT2D eigenvalue weighted by Gasteiger charge is 2.27. The molecule has 0 fully saturated rings. The monoisotopic (exact) mass is 236 g/mol. The van der Waals surface area contributed by atoms with Gasteiger partial charge in [-0.1, -0.05) is 0 Å². The largest absolute Gasteiger partial charge is 0.287 e. The molecule has 0 saturated heterocycles. The SMILES string of the molecule is O=C1C(S)=C(S)C(=O)C(S)=C1S. The number of allylic oxidation sites excluding steroid dienone is 4. The second kappa shape index (κ2) is 3.53. The topological polar surface area (TPSA) is 34.1 Å². The highest BCUT2D eigenvalue weighted by molar-refractivity contribution is 7.93. The van der Waals surface area contributed by atoms with Gasteiger partial charge in [-0.3, -0.25) is 9.59 Å². The predicted molar refractivity (Wildman–Crippen MR) is 60.0 cm³/mol. The second-order valence-corrected chi connectivity index (χ2v) is 3.84. The zero-order chi connectivity index (χ0) is 9.46. The Hall–Kier alpha value is 0.220. The molecule has 1 aliphatic rings. The van der Waals surface area contributed by atoms with Gasteiger partial charge in [0.25, 0.3) is 0 Å². The molecule has 0 bridgehead atoms. The summed E-state index contributed by atoms with van der Waals surface area (Å²) in [7, 11) is 0. The van der Waals surface area contributed by atoms with Gasteiger partial charge in [-0.2, -0.15) is 0 Å². The van der Waals surface area contributed by atoms with Crippen LogP contribution in [0.1, 0.15) is 0 Å². The van der Waals surface area contributed by atoms with Gasteiger partial charge in [0.1, 0.15) is 0 Å². The van der Waals surface area contributed by atoms with E-state index in [0.29, 0.717) is 0 Å². The highest BCUT2D eigenvalue weighted by atomic mass is 32.1. The lowest BCUT2D eigenvalue weighted by atomic mass is 10.1. The van der Waals surface area contributed by atoms with Gasteiger partial charge < -0.3 is 0 Å². The molecule has 0 aromatic carbocycles. The molecule has 1 aliphatic carbocycles. The van der Waals surface area contributed by atoms with Crippen LogP contribution in [0, 0.1) is 0 Å². The summed E-state index contributed by atoms with van der Waals surface area (Å²) >= 11 is 15.3. The summed E-state index contributed by atoms with van der Waals surface area (Å²) < 4.78 is 0. The molecule has 0 heterocycles. The van der Waals surface area contributed by atoms with Crippen molar-refractivity contribution in [2.45, 2.75) is 0 Å². The average Bonchev–Trinajstić information content (AvgIpc) is 2.08. The predicted octanol–water partition coefficient (Wildman–Crippen LogP) is 1.28. The number of thiol groups is 4. The summed E-state index contributed by atoms with van der Waals surface area (Å²) in [5, 5.41) is 0. The minimum atomic E-state index is -0.420. The summed E-state index contributed by atoms with van der Waals surface area (Å²) in [5.74, 6) is -0.840. The van der Waals surface area contributed by atoms with Crippen molar-refractivity contribution in [3.8, 4) is 0 Å². The van der Waals surface area contributed by atoms with E-state index in [1.54, 1.807) is 0 Å². The smallest absolute Gasteiger partial charge is 0.207 e. The number of Topliss-reactive ketones (excluding diaryl/α,β-unsaturated/α-hetero) is 2. The molecule has 0 aliphatic heterocycles. The Bertz CT molecular complexity index is 277. The molecule has 12 heavy (non-hydrogen) atoms. The van der Waals surface area contributed by atoms with Crippen molar-refractivity contribution in [3.63, 3.8) is 0 Å². The number of rotatable bonds is 0. The van der Waals surface area contributed by atoms with Gasteiger partial charge in [0.15, 0.2) is 0 Å². The van der Waals surface area contributed by atoms with Crippen LogP contribution in [-0.2, 0) is 9.59 Å². The molecule has 2 nitrogen and oxygen atoms in total. The minimum Gasteiger partial charge on any atom is -0.287 e. The highest BCUT2D eigenvalue weighted by Crippen LogP contribution is 2.31. The number of ketones is 2. The van der Waals surface area contributed by atoms with Crippen LogP contribution in [0.25, 0.3) is 0 Å². The Morgan fingerprint density at radius 2 is 0.750 bits per heavy atom. The maximum absolute atomic E-state index is 11.2. The van der Waals surface area contributed by atoms with Gasteiger partial charge in [0, 0.05) is 0 Å². The van der Waals surface area contributed by atoms with Crippen LogP contribution in [0.5, 0.6) is 0 Å². The first-order chi connectivity index (χ1) is 5.46. The van der Waals surface area contributed by atoms with Crippen LogP contribution in [-0.4, -0.2) is 11.6 Å². The molecule has 0 radical (unpaired) electrons. The van der Waals surface area contributed by atoms with E-state index in [-0.39, 0.29) is 19.6 Å². The molecule has 0 saturated carbocycles. The molecule has 0 aromatic heterocycles. The summed E-state index contributed by atoms with van der Waals surface area (Å²) in [6.07, 6.45) is 0. The minimum absolute atomic E-state index is 0.0196. The molecule has 1 rings (SSSR count). The fraction of sp³-hybridized carbons (Fsp3) is 0. The molecule has 6 heteroatoms. The first-order valence-corrected chi connectivity index (χ1v) is 4.59. The summed E-state index contributed by atoms with van der Waals surface area (Å²) in [5.41, 5.74) is 0. The third-order valence-electron chi connectivity index (χ3n) is 1.31. The van der Waals surface area contributed by atoms with E-state index in [0.717, 1.165) is 0 Å². The molecule has 64 valence electrons. The van der Waals surface area contributed by atoms with Gasteiger partial charge in [-0.25, -0.2) is 0 Å². The van der Waals surface area contributed by atoms with Gasteiger partial charge >= 0.3 is 0 Å². The lowest BCUT2D eigenvalue weighted by Gasteiger charge is -2.12. The van der Waals surface area contributed by atoms with Gasteiger partial charge in [-0.05, 0) is 0 Å². The zero-order valence-corrected chi connectivity index (χ0v) is 9.18. The molecule has 0 unspecified atom stereocenters. The van der Waals surface area contributed by atoms with E-state index in [1.165, 1.54) is 0 Å². The van der Waals surface area contributed by atoms with Crippen molar-refractivity contribution in [2.75, 3.05) is 0 Å². The lowest BCUT2D eigenvalue weighted by molar-refractivity contribution is -0.114. The van der Waals surface area contributed by atoms with Crippen molar-refractivity contribution in [1.82, 2.24) is 0 Å². The van der Waals surface area contributed by atoms with Crippen LogP contribution in [0.15, 0.2) is 19.6 Å². The van der Waals surface area contributed by atoms with Crippen LogP contribution in [0.4, 0.5) is 0 Å². The summed E-state index contributed by atoms with van der Waals surface area (Å²) in [6.45, 7) is 0. The molecule has 0 spiro atoms. The van der Waals surface area contributed by atoms with E-state index in [9.17, 15) is 9.59 Å². The quantitative estimate of drug-likeness (QED) is 0.377. The summed E-state index contributed by atoms with van der Waals surface area (Å²) in [6, 6.07) is 0. The molecule has 0 amide bonds. The van der Waals surface area contributed by atoms with E-state index >= 15 is 0 Å². The Morgan fingerprint density at radius 1 is 0.583 bits per heavy atom. The van der Waals surface area contributed by atoms with Crippen molar-refractivity contribution in [3.05, 3.63) is 19.6 Å². The van der Waals surface area contributed by atoms with Crippen molar-refractivity contribution < 1.29 is 9.59 Å². The van der Waals surface area contributed by atoms with Crippen LogP contribution in [0.3, 0.4) is 0 Å². The molecular formula is C6H4O2S4. The van der Waals surface area contributed by atoms with Crippen LogP contribution < -0.4 is 0 Å². The first-order valence-electron chi connectivity index (χ1n) is 2.80. The van der Waals surface area contributed by atoms with Gasteiger partial charge in [0.2, 0.25) is 11.6 Å². The Kier molecular flexibility index (Phi) is 3.03. The fourth-order valence-electron chi connectivity index (χ4n) is 0.654. The van der Waals surface area contributed by atoms with E-state index in [1.807, 2.05) is 0 Å². The first kappa shape index (κ1) is 10.3. The molecule has 0 aromatic rings. The van der Waals surface area contributed by atoms with Crippen molar-refractivity contribution in [1.29, 1.82) is 0 Å². The van der Waals surface area contributed by atoms with Crippen LogP contribution >= 0.6 is 50.5 Å². The third-order valence-corrected chi connectivity index (χ3v) is 3.37. The Labute approximate surface area is 91.1 Å². The van der Waals surface area contributed by atoms with E-state index in [2.05, 4.69) is 50.5 Å². The van der Waals surface area contributed by atoms with E-state index in [4.69, 9.17) is 0 Å². The maximum atomic E-state index is 11.2. The standard InChI is InChI=1S/C6H4O2S4/c7-1-3(9)5(11)2(8)6(12)4(1)10/h9-12H. The van der Waals surface area contributed by atoms with Crippen molar-refractivity contribution in [2.24, 2.45) is 0 Å². The Morgan fingerprint density at radius 3 is 0.917 bits per heavy atom. The normalized spacial score (nSPS) is 19.3. The average molecular weight is 236 g/mol. The van der Waals surface area contributed by atoms with E-state index < -0.39 is 11.6 Å². The second-order valence-electron chi connectivity index (χ2n) is 2.05. The molecule has 0 N–H and O–H groups in total. The lowest BCUT2D eigenvalue weighted by Crippen LogP contribution is -2.15. The summed E-state index contributed by atoms with van der Waals surface area (Å²) in [4.78, 5) is 22.4. The van der Waals surface area contributed by atoms with Crippen LogP contribution in [0.2, 0.25) is 0 Å². The maximum Gasteiger partial charge on any atom is 0.207 e. The van der Waals surface area contributed by atoms with Crippen molar-refractivity contribution >= 4 is 62.1 Å². The number of carbonyl (C=O) groups excluding carboxylic acids is 2. The third kappa shape index (κ3) is 1.48. The number of hydrogen-bond donors (Lipinski definition) is 4.